The molecule has 2 N–H and O–H groups in total. The van der Waals surface area contributed by atoms with Crippen molar-refractivity contribution in [1.29, 1.82) is 0 Å². The monoisotopic (exact) mass is 328 g/mol. The second kappa shape index (κ2) is 7.66. The van der Waals surface area contributed by atoms with Crippen molar-refractivity contribution in [3.05, 3.63) is 0 Å². The Morgan fingerprint density at radius 2 is 1.70 bits per heavy atom. The number of carboxylic acid groups (broad SMARTS) is 1. The summed E-state index contributed by atoms with van der Waals surface area (Å²) in [6.07, 6.45) is 0.646. The van der Waals surface area contributed by atoms with E-state index in [1.807, 2.05) is 20.8 Å². The Morgan fingerprint density at radius 1 is 1.17 bits per heavy atom. The lowest BCUT2D eigenvalue weighted by molar-refractivity contribution is -0.144. The summed E-state index contributed by atoms with van der Waals surface area (Å²) in [7, 11) is 0. The van der Waals surface area contributed by atoms with Crippen molar-refractivity contribution in [2.24, 2.45) is 11.8 Å². The fraction of sp³-hybridized carbons (Fsp3) is 0.812. The molecule has 0 aromatic carbocycles. The molecule has 7 heteroatoms. The number of ether oxygens (including phenoxy) is 1. The van der Waals surface area contributed by atoms with Gasteiger partial charge in [0, 0.05) is 19.0 Å². The lowest BCUT2D eigenvalue weighted by Crippen LogP contribution is -2.49. The minimum absolute atomic E-state index is 0.182. The molecule has 0 aromatic heterocycles. The zero-order valence-corrected chi connectivity index (χ0v) is 14.6. The van der Waals surface area contributed by atoms with Crippen molar-refractivity contribution in [3.8, 4) is 0 Å². The Kier molecular flexibility index (Phi) is 6.41. The predicted molar refractivity (Wildman–Crippen MR) is 84.9 cm³/mol. The number of nitrogens with zero attached hydrogens (tertiary/aromatic N) is 1. The molecule has 7 nitrogen and oxygen atoms in total. The van der Waals surface area contributed by atoms with Crippen LogP contribution in [0.3, 0.4) is 0 Å². The third kappa shape index (κ3) is 6.08. The van der Waals surface area contributed by atoms with E-state index in [9.17, 15) is 14.4 Å². The van der Waals surface area contributed by atoms with Gasteiger partial charge in [0.1, 0.15) is 11.6 Å². The molecule has 23 heavy (non-hydrogen) atoms. The molecular formula is C16H28N2O5. The van der Waals surface area contributed by atoms with Crippen LogP contribution in [0, 0.1) is 11.8 Å². The van der Waals surface area contributed by atoms with Crippen LogP contribution < -0.4 is 5.32 Å². The molecule has 0 bridgehead atoms. The van der Waals surface area contributed by atoms with Gasteiger partial charge in [-0.15, -0.1) is 0 Å². The van der Waals surface area contributed by atoms with Crippen LogP contribution in [0.4, 0.5) is 4.79 Å². The van der Waals surface area contributed by atoms with Gasteiger partial charge in [-0.25, -0.2) is 9.59 Å². The molecule has 1 atom stereocenters. The highest BCUT2D eigenvalue weighted by Crippen LogP contribution is 2.20. The maximum Gasteiger partial charge on any atom is 0.410 e. The van der Waals surface area contributed by atoms with E-state index in [-0.39, 0.29) is 23.8 Å². The highest BCUT2D eigenvalue weighted by molar-refractivity contribution is 5.85. The standard InChI is InChI=1S/C16H28N2O5/c1-10(2)12(14(20)21)17-13(19)11-6-8-18(9-7-11)15(22)23-16(3,4)5/h10-12H,6-9H2,1-5H3,(H,17,19)(H,20,21). The lowest BCUT2D eigenvalue weighted by Gasteiger charge is -2.33. The van der Waals surface area contributed by atoms with Gasteiger partial charge in [0.2, 0.25) is 5.91 Å². The molecule has 0 aliphatic carbocycles. The molecule has 0 spiro atoms. The number of nitrogens with one attached hydrogen (secondary N) is 1. The first-order chi connectivity index (χ1) is 10.5. The van der Waals surface area contributed by atoms with E-state index in [1.54, 1.807) is 18.7 Å². The third-order valence-corrected chi connectivity index (χ3v) is 3.75. The first-order valence-corrected chi connectivity index (χ1v) is 8.02. The molecule has 1 saturated heterocycles. The van der Waals surface area contributed by atoms with Crippen molar-refractivity contribution in [1.82, 2.24) is 10.2 Å². The lowest BCUT2D eigenvalue weighted by atomic mass is 9.95. The fourth-order valence-electron chi connectivity index (χ4n) is 2.44. The van der Waals surface area contributed by atoms with E-state index in [4.69, 9.17) is 9.84 Å². The van der Waals surface area contributed by atoms with E-state index in [2.05, 4.69) is 5.32 Å². The normalized spacial score (nSPS) is 17.7. The smallest absolute Gasteiger partial charge is 0.410 e. The Hall–Kier alpha value is -1.79. The quantitative estimate of drug-likeness (QED) is 0.821. The molecule has 132 valence electrons. The average molecular weight is 328 g/mol. The summed E-state index contributed by atoms with van der Waals surface area (Å²) in [5.74, 6) is -1.73. The first-order valence-electron chi connectivity index (χ1n) is 8.02. The van der Waals surface area contributed by atoms with E-state index in [0.717, 1.165) is 0 Å². The van der Waals surface area contributed by atoms with Gasteiger partial charge in [0.05, 0.1) is 0 Å². The maximum absolute atomic E-state index is 12.2. The molecule has 1 rings (SSSR count). The molecule has 1 heterocycles. The van der Waals surface area contributed by atoms with Crippen LogP contribution in [-0.2, 0) is 14.3 Å². The van der Waals surface area contributed by atoms with Crippen LogP contribution in [0.25, 0.3) is 0 Å². The van der Waals surface area contributed by atoms with Gasteiger partial charge in [-0.1, -0.05) is 13.8 Å². The molecule has 1 aliphatic rings. The topological polar surface area (TPSA) is 95.9 Å². The van der Waals surface area contributed by atoms with E-state index in [0.29, 0.717) is 25.9 Å². The maximum atomic E-state index is 12.2. The number of piperidine rings is 1. The zero-order chi connectivity index (χ0) is 17.8. The number of hydrogen-bond acceptors (Lipinski definition) is 4. The van der Waals surface area contributed by atoms with Crippen LogP contribution in [0.5, 0.6) is 0 Å². The van der Waals surface area contributed by atoms with Crippen molar-refractivity contribution < 1.29 is 24.2 Å². The predicted octanol–water partition coefficient (Wildman–Crippen LogP) is 1.86. The highest BCUT2D eigenvalue weighted by Gasteiger charge is 2.32. The summed E-state index contributed by atoms with van der Waals surface area (Å²) in [4.78, 5) is 36.9. The Balaban J connectivity index is 2.51. The van der Waals surface area contributed by atoms with Crippen molar-refractivity contribution in [2.75, 3.05) is 13.1 Å². The van der Waals surface area contributed by atoms with Crippen LogP contribution in [0.2, 0.25) is 0 Å². The third-order valence-electron chi connectivity index (χ3n) is 3.75. The van der Waals surface area contributed by atoms with E-state index in [1.165, 1.54) is 0 Å². The van der Waals surface area contributed by atoms with E-state index >= 15 is 0 Å². The SMILES string of the molecule is CC(C)C(NC(=O)C1CCN(C(=O)OC(C)(C)C)CC1)C(=O)O. The van der Waals surface area contributed by atoms with E-state index < -0.39 is 17.6 Å². The average Bonchev–Trinajstić information content (AvgIpc) is 2.42. The summed E-state index contributed by atoms with van der Waals surface area (Å²) >= 11 is 0. The molecule has 0 saturated carbocycles. The molecule has 0 radical (unpaired) electrons. The number of amides is 2. The van der Waals surface area contributed by atoms with Crippen molar-refractivity contribution in [2.45, 2.75) is 59.1 Å². The number of carboxylic acids is 1. The van der Waals surface area contributed by atoms with Crippen LogP contribution in [0.1, 0.15) is 47.5 Å². The molecule has 1 unspecified atom stereocenters. The largest absolute Gasteiger partial charge is 0.480 e. The number of carbonyl (C=O) groups excluding carboxylic acids is 2. The number of aliphatic carboxylic acids is 1. The van der Waals surface area contributed by atoms with Gasteiger partial charge < -0.3 is 20.1 Å². The van der Waals surface area contributed by atoms with Crippen LogP contribution in [0.15, 0.2) is 0 Å². The van der Waals surface area contributed by atoms with Gasteiger partial charge in [-0.3, -0.25) is 4.79 Å². The molecule has 1 fully saturated rings. The molecular weight excluding hydrogens is 300 g/mol. The molecule has 1 aliphatic heterocycles. The van der Waals surface area contributed by atoms with Gasteiger partial charge in [0.15, 0.2) is 0 Å². The summed E-state index contributed by atoms with van der Waals surface area (Å²) in [5.41, 5.74) is -0.544. The first kappa shape index (κ1) is 19.3. The second-order valence-electron chi connectivity index (χ2n) is 7.31. The van der Waals surface area contributed by atoms with Crippen molar-refractivity contribution in [3.63, 3.8) is 0 Å². The summed E-state index contributed by atoms with van der Waals surface area (Å²) in [5, 5.41) is 11.7. The minimum atomic E-state index is -1.03. The number of likely N-dealkylation sites (tertiary alicyclic amines) is 1. The van der Waals surface area contributed by atoms with Gasteiger partial charge in [-0.2, -0.15) is 0 Å². The Bertz CT molecular complexity index is 448. The Morgan fingerprint density at radius 3 is 2.09 bits per heavy atom. The molecule has 0 aromatic rings. The summed E-state index contributed by atoms with van der Waals surface area (Å²) in [6.45, 7) is 9.81. The van der Waals surface area contributed by atoms with Gasteiger partial charge in [-0.05, 0) is 39.5 Å². The van der Waals surface area contributed by atoms with Gasteiger partial charge >= 0.3 is 12.1 Å². The number of rotatable bonds is 4. The fourth-order valence-corrected chi connectivity index (χ4v) is 2.44. The number of hydrogen-bond donors (Lipinski definition) is 2. The van der Waals surface area contributed by atoms with Gasteiger partial charge in [0.25, 0.3) is 0 Å². The van der Waals surface area contributed by atoms with Crippen LogP contribution >= 0.6 is 0 Å². The Labute approximate surface area is 137 Å². The summed E-state index contributed by atoms with van der Waals surface area (Å²) in [6, 6.07) is -0.883. The summed E-state index contributed by atoms with van der Waals surface area (Å²) < 4.78 is 5.31. The second-order valence-corrected chi connectivity index (χ2v) is 7.31. The zero-order valence-electron chi connectivity index (χ0n) is 14.6. The highest BCUT2D eigenvalue weighted by atomic mass is 16.6. The number of carbonyl (C=O) groups is 3. The van der Waals surface area contributed by atoms with Crippen molar-refractivity contribution >= 4 is 18.0 Å². The molecule has 2 amide bonds. The minimum Gasteiger partial charge on any atom is -0.480 e. The van der Waals surface area contributed by atoms with Crippen LogP contribution in [-0.4, -0.2) is 52.7 Å².